The summed E-state index contributed by atoms with van der Waals surface area (Å²) in [7, 11) is 0. The predicted octanol–water partition coefficient (Wildman–Crippen LogP) is 1.19. The molecule has 6 heteroatoms. The van der Waals surface area contributed by atoms with E-state index < -0.39 is 5.97 Å². The molecule has 2 amide bonds. The molecule has 1 atom stereocenters. The van der Waals surface area contributed by atoms with Crippen LogP contribution in [0.1, 0.15) is 25.3 Å². The summed E-state index contributed by atoms with van der Waals surface area (Å²) in [5.74, 6) is -1.37. The van der Waals surface area contributed by atoms with Crippen molar-refractivity contribution in [3.63, 3.8) is 0 Å². The summed E-state index contributed by atoms with van der Waals surface area (Å²) in [6.07, 6.45) is 1.11. The molecule has 0 saturated carbocycles. The van der Waals surface area contributed by atoms with Gasteiger partial charge in [-0.25, -0.2) is 0 Å². The highest BCUT2D eigenvalue weighted by Gasteiger charge is 2.25. The molecule has 1 aromatic rings. The van der Waals surface area contributed by atoms with Gasteiger partial charge in [0.1, 0.15) is 6.54 Å². The number of carbonyl (C=O) groups is 3. The van der Waals surface area contributed by atoms with Crippen LogP contribution in [-0.2, 0) is 20.8 Å². The molecule has 22 heavy (non-hydrogen) atoms. The molecular weight excluding hydrogens is 284 g/mol. The third kappa shape index (κ3) is 4.07. The molecule has 1 aliphatic heterocycles. The molecule has 2 rings (SSSR count). The third-order valence-corrected chi connectivity index (χ3v) is 3.66. The van der Waals surface area contributed by atoms with E-state index in [2.05, 4.69) is 5.32 Å². The Hall–Kier alpha value is -2.37. The number of anilines is 1. The summed E-state index contributed by atoms with van der Waals surface area (Å²) in [5, 5.41) is 11.4. The number of hydrogen-bond donors (Lipinski definition) is 2. The Morgan fingerprint density at radius 2 is 2.05 bits per heavy atom. The molecule has 1 aromatic carbocycles. The van der Waals surface area contributed by atoms with Gasteiger partial charge in [0.15, 0.2) is 0 Å². The van der Waals surface area contributed by atoms with Crippen LogP contribution in [0.5, 0.6) is 0 Å². The van der Waals surface area contributed by atoms with Gasteiger partial charge in [-0.15, -0.1) is 0 Å². The second-order valence-corrected chi connectivity index (χ2v) is 5.62. The number of amides is 2. The van der Waals surface area contributed by atoms with Gasteiger partial charge in [0.05, 0.1) is 0 Å². The number of hydrogen-bond acceptors (Lipinski definition) is 3. The van der Waals surface area contributed by atoms with E-state index in [0.717, 1.165) is 11.3 Å². The highest BCUT2D eigenvalue weighted by molar-refractivity contribution is 6.00. The molecule has 0 aromatic heterocycles. The van der Waals surface area contributed by atoms with Crippen LogP contribution < -0.4 is 10.2 Å². The Bertz CT molecular complexity index is 585. The lowest BCUT2D eigenvalue weighted by molar-refractivity contribution is -0.138. The molecule has 0 bridgehead atoms. The molecule has 1 unspecified atom stereocenters. The van der Waals surface area contributed by atoms with Gasteiger partial charge >= 0.3 is 5.97 Å². The van der Waals surface area contributed by atoms with Crippen LogP contribution in [0.3, 0.4) is 0 Å². The van der Waals surface area contributed by atoms with E-state index in [4.69, 9.17) is 5.11 Å². The quantitative estimate of drug-likeness (QED) is 0.826. The number of fused-ring (bicyclic) bond motifs is 1. The zero-order valence-electron chi connectivity index (χ0n) is 12.5. The molecule has 6 nitrogen and oxygen atoms in total. The van der Waals surface area contributed by atoms with Gasteiger partial charge in [-0.05, 0) is 24.0 Å². The summed E-state index contributed by atoms with van der Waals surface area (Å²) >= 11 is 0. The maximum Gasteiger partial charge on any atom is 0.303 e. The zero-order chi connectivity index (χ0) is 16.1. The maximum atomic E-state index is 12.0. The molecule has 2 N–H and O–H groups in total. The van der Waals surface area contributed by atoms with E-state index >= 15 is 0 Å². The Labute approximate surface area is 129 Å². The molecular formula is C16H20N2O4. The van der Waals surface area contributed by atoms with Crippen LogP contribution in [0.4, 0.5) is 5.69 Å². The summed E-state index contributed by atoms with van der Waals surface area (Å²) in [5.41, 5.74) is 1.85. The first-order valence-corrected chi connectivity index (χ1v) is 7.34. The number of nitrogens with one attached hydrogen (secondary N) is 1. The number of carboxylic acids is 1. The monoisotopic (exact) mass is 304 g/mol. The molecule has 0 fully saturated rings. The lowest BCUT2D eigenvalue weighted by Crippen LogP contribution is -2.44. The first-order valence-electron chi connectivity index (χ1n) is 7.34. The number of aliphatic carboxylic acids is 1. The molecule has 0 spiro atoms. The minimum absolute atomic E-state index is 0.00571. The second-order valence-electron chi connectivity index (χ2n) is 5.62. The van der Waals surface area contributed by atoms with E-state index in [9.17, 15) is 14.4 Å². The maximum absolute atomic E-state index is 12.0. The molecule has 0 radical (unpaired) electrons. The highest BCUT2D eigenvalue weighted by atomic mass is 16.4. The SMILES string of the molecule is CC(CNC(=O)CN1C(=O)CCc2ccccc21)CC(=O)O. The summed E-state index contributed by atoms with van der Waals surface area (Å²) < 4.78 is 0. The van der Waals surface area contributed by atoms with Crippen molar-refractivity contribution in [2.45, 2.75) is 26.2 Å². The van der Waals surface area contributed by atoms with E-state index in [1.165, 1.54) is 4.90 Å². The van der Waals surface area contributed by atoms with Crippen molar-refractivity contribution in [1.29, 1.82) is 0 Å². The van der Waals surface area contributed by atoms with Gasteiger partial charge in [-0.1, -0.05) is 25.1 Å². The van der Waals surface area contributed by atoms with Crippen LogP contribution in [0.2, 0.25) is 0 Å². The third-order valence-electron chi connectivity index (χ3n) is 3.66. The fourth-order valence-corrected chi connectivity index (χ4v) is 2.53. The van der Waals surface area contributed by atoms with E-state index in [-0.39, 0.29) is 37.2 Å². The lowest BCUT2D eigenvalue weighted by Gasteiger charge is -2.29. The van der Waals surface area contributed by atoms with Crippen LogP contribution in [0.15, 0.2) is 24.3 Å². The van der Waals surface area contributed by atoms with Crippen LogP contribution in [0, 0.1) is 5.92 Å². The topological polar surface area (TPSA) is 86.7 Å². The van der Waals surface area contributed by atoms with Crippen LogP contribution >= 0.6 is 0 Å². The van der Waals surface area contributed by atoms with E-state index in [1.54, 1.807) is 6.92 Å². The van der Waals surface area contributed by atoms with Crippen LogP contribution in [-0.4, -0.2) is 36.0 Å². The largest absolute Gasteiger partial charge is 0.481 e. The summed E-state index contributed by atoms with van der Waals surface area (Å²) in [4.78, 5) is 36.1. The van der Waals surface area contributed by atoms with Crippen molar-refractivity contribution >= 4 is 23.5 Å². The smallest absolute Gasteiger partial charge is 0.303 e. The highest BCUT2D eigenvalue weighted by Crippen LogP contribution is 2.26. The number of benzene rings is 1. The van der Waals surface area contributed by atoms with E-state index in [0.29, 0.717) is 12.8 Å². The average Bonchev–Trinajstić information content (AvgIpc) is 2.47. The minimum atomic E-state index is -0.887. The van der Waals surface area contributed by atoms with Crippen molar-refractivity contribution < 1.29 is 19.5 Å². The standard InChI is InChI=1S/C16H20N2O4/c1-11(8-16(21)22)9-17-14(19)10-18-13-5-3-2-4-12(13)6-7-15(18)20/h2-5,11H,6-10H2,1H3,(H,17,19)(H,21,22). The van der Waals surface area contributed by atoms with E-state index in [1.807, 2.05) is 24.3 Å². The van der Waals surface area contributed by atoms with Gasteiger partial charge in [-0.3, -0.25) is 14.4 Å². The van der Waals surface area contributed by atoms with Crippen molar-refractivity contribution in [3.8, 4) is 0 Å². The fourth-order valence-electron chi connectivity index (χ4n) is 2.53. The number of aryl methyl sites for hydroxylation is 1. The van der Waals surface area contributed by atoms with Crippen LogP contribution in [0.25, 0.3) is 0 Å². The zero-order valence-corrected chi connectivity index (χ0v) is 12.5. The normalized spacial score (nSPS) is 15.1. The van der Waals surface area contributed by atoms with Crippen molar-refractivity contribution in [2.75, 3.05) is 18.0 Å². The Morgan fingerprint density at radius 3 is 2.77 bits per heavy atom. The average molecular weight is 304 g/mol. The Kier molecular flexibility index (Phi) is 5.14. The first kappa shape index (κ1) is 16.0. The Balaban J connectivity index is 1.94. The summed E-state index contributed by atoms with van der Waals surface area (Å²) in [6.45, 7) is 2.01. The molecule has 1 aliphatic rings. The number of para-hydroxylation sites is 1. The van der Waals surface area contributed by atoms with Gasteiger partial charge in [-0.2, -0.15) is 0 Å². The lowest BCUT2D eigenvalue weighted by atomic mass is 10.0. The van der Waals surface area contributed by atoms with Gasteiger partial charge in [0.25, 0.3) is 0 Å². The molecule has 0 aliphatic carbocycles. The van der Waals surface area contributed by atoms with Crippen molar-refractivity contribution in [2.24, 2.45) is 5.92 Å². The number of rotatable bonds is 6. The molecule has 1 heterocycles. The second kappa shape index (κ2) is 7.06. The molecule has 118 valence electrons. The van der Waals surface area contributed by atoms with Gasteiger partial charge < -0.3 is 15.3 Å². The number of carboxylic acid groups (broad SMARTS) is 1. The number of nitrogens with zero attached hydrogens (tertiary/aromatic N) is 1. The Morgan fingerprint density at radius 1 is 1.32 bits per heavy atom. The molecule has 0 saturated heterocycles. The van der Waals surface area contributed by atoms with Gasteiger partial charge in [0.2, 0.25) is 11.8 Å². The first-order chi connectivity index (χ1) is 10.5. The fraction of sp³-hybridized carbons (Fsp3) is 0.438. The van der Waals surface area contributed by atoms with Crippen molar-refractivity contribution in [3.05, 3.63) is 29.8 Å². The predicted molar refractivity (Wildman–Crippen MR) is 81.5 cm³/mol. The van der Waals surface area contributed by atoms with Gasteiger partial charge in [0, 0.05) is 25.1 Å². The minimum Gasteiger partial charge on any atom is -0.481 e. The number of carbonyl (C=O) groups excluding carboxylic acids is 2. The van der Waals surface area contributed by atoms with Crippen molar-refractivity contribution in [1.82, 2.24) is 5.32 Å². The summed E-state index contributed by atoms with van der Waals surface area (Å²) in [6, 6.07) is 7.56.